The van der Waals surface area contributed by atoms with Crippen LogP contribution in [-0.2, 0) is 14.4 Å². The topological polar surface area (TPSA) is 130 Å². The molecule has 1 aromatic carbocycles. The number of nitrogens with zero attached hydrogens (tertiary/aromatic N) is 3. The Morgan fingerprint density at radius 2 is 2.15 bits per heavy atom. The lowest BCUT2D eigenvalue weighted by Gasteiger charge is -2.31. The first-order valence-electron chi connectivity index (χ1n) is 8.09. The lowest BCUT2D eigenvalue weighted by molar-refractivity contribution is -0.384. The number of amides is 2. The zero-order valence-corrected chi connectivity index (χ0v) is 13.8. The molecule has 2 amide bonds. The average Bonchev–Trinajstić information content (AvgIpc) is 3.04. The van der Waals surface area contributed by atoms with Crippen molar-refractivity contribution in [3.05, 3.63) is 28.3 Å². The Labute approximate surface area is 148 Å². The smallest absolute Gasteiger partial charge is 0.305 e. The molecule has 1 unspecified atom stereocenters. The van der Waals surface area contributed by atoms with Crippen molar-refractivity contribution in [2.24, 2.45) is 0 Å². The van der Waals surface area contributed by atoms with Gasteiger partial charge < -0.3 is 14.7 Å². The van der Waals surface area contributed by atoms with Crippen LogP contribution in [0.5, 0.6) is 5.75 Å². The van der Waals surface area contributed by atoms with Crippen molar-refractivity contribution in [1.29, 1.82) is 0 Å². The van der Waals surface area contributed by atoms with Crippen LogP contribution in [0.4, 0.5) is 11.4 Å². The van der Waals surface area contributed by atoms with E-state index in [-0.39, 0.29) is 42.6 Å². The van der Waals surface area contributed by atoms with Crippen molar-refractivity contribution in [1.82, 2.24) is 4.90 Å². The minimum atomic E-state index is -0.988. The number of nitro groups is 1. The second-order valence-corrected chi connectivity index (χ2v) is 6.16. The molecule has 1 N–H and O–H groups in total. The van der Waals surface area contributed by atoms with E-state index in [1.807, 2.05) is 0 Å². The van der Waals surface area contributed by atoms with E-state index < -0.39 is 22.8 Å². The number of nitro benzene ring substituents is 1. The van der Waals surface area contributed by atoms with E-state index >= 15 is 0 Å². The minimum absolute atomic E-state index is 0.148. The van der Waals surface area contributed by atoms with Crippen LogP contribution < -0.4 is 9.64 Å². The summed E-state index contributed by atoms with van der Waals surface area (Å²) in [6.45, 7) is -0.153. The maximum atomic E-state index is 12.6. The maximum absolute atomic E-state index is 12.6. The van der Waals surface area contributed by atoms with Crippen LogP contribution in [0.15, 0.2) is 18.2 Å². The predicted molar refractivity (Wildman–Crippen MR) is 87.9 cm³/mol. The second-order valence-electron chi connectivity index (χ2n) is 6.16. The number of carboxylic acid groups (broad SMARTS) is 1. The molecule has 0 bridgehead atoms. The lowest BCUT2D eigenvalue weighted by Crippen LogP contribution is -2.48. The number of carbonyl (C=O) groups is 3. The molecule has 0 aromatic heterocycles. The molecule has 2 heterocycles. The zero-order valence-electron chi connectivity index (χ0n) is 13.8. The molecule has 1 aromatic rings. The van der Waals surface area contributed by atoms with E-state index in [0.717, 1.165) is 4.90 Å². The van der Waals surface area contributed by atoms with Crippen LogP contribution >= 0.6 is 0 Å². The van der Waals surface area contributed by atoms with Crippen molar-refractivity contribution < 1.29 is 29.2 Å². The van der Waals surface area contributed by atoms with Gasteiger partial charge in [0.1, 0.15) is 12.3 Å². The monoisotopic (exact) mass is 363 g/mol. The summed E-state index contributed by atoms with van der Waals surface area (Å²) in [7, 11) is 0. The number of hydrogen-bond acceptors (Lipinski definition) is 6. The van der Waals surface area contributed by atoms with Gasteiger partial charge in [-0.3, -0.25) is 29.4 Å². The number of anilines is 1. The largest absolute Gasteiger partial charge is 0.482 e. The molecule has 2 aliphatic rings. The van der Waals surface area contributed by atoms with Gasteiger partial charge in [-0.05, 0) is 18.9 Å². The van der Waals surface area contributed by atoms with Gasteiger partial charge in [0.2, 0.25) is 5.91 Å². The van der Waals surface area contributed by atoms with Gasteiger partial charge in [0.25, 0.3) is 11.6 Å². The van der Waals surface area contributed by atoms with Crippen LogP contribution in [0.1, 0.15) is 19.3 Å². The van der Waals surface area contributed by atoms with E-state index in [2.05, 4.69) is 0 Å². The van der Waals surface area contributed by atoms with E-state index in [1.165, 1.54) is 23.1 Å². The summed E-state index contributed by atoms with van der Waals surface area (Å²) in [5, 5.41) is 19.9. The third-order valence-corrected chi connectivity index (χ3v) is 4.50. The summed E-state index contributed by atoms with van der Waals surface area (Å²) in [5.41, 5.74) is -0.0535. The number of ether oxygens (including phenoxy) is 1. The van der Waals surface area contributed by atoms with Crippen molar-refractivity contribution in [3.8, 4) is 5.75 Å². The fourth-order valence-corrected chi connectivity index (χ4v) is 3.28. The Hall–Kier alpha value is -3.17. The Morgan fingerprint density at radius 1 is 1.38 bits per heavy atom. The Kier molecular flexibility index (Phi) is 4.74. The van der Waals surface area contributed by atoms with Gasteiger partial charge in [-0.1, -0.05) is 0 Å². The number of rotatable bonds is 5. The van der Waals surface area contributed by atoms with Gasteiger partial charge in [0.15, 0.2) is 6.61 Å². The molecule has 26 heavy (non-hydrogen) atoms. The third kappa shape index (κ3) is 3.44. The van der Waals surface area contributed by atoms with E-state index in [0.29, 0.717) is 19.4 Å². The van der Waals surface area contributed by atoms with Crippen molar-refractivity contribution in [2.75, 3.05) is 24.6 Å². The van der Waals surface area contributed by atoms with Gasteiger partial charge in [0, 0.05) is 24.7 Å². The summed E-state index contributed by atoms with van der Waals surface area (Å²) in [4.78, 5) is 48.8. The molecule has 3 rings (SSSR count). The fraction of sp³-hybridized carbons (Fsp3) is 0.438. The lowest BCUT2D eigenvalue weighted by atomic mass is 10.1. The minimum Gasteiger partial charge on any atom is -0.482 e. The summed E-state index contributed by atoms with van der Waals surface area (Å²) in [6, 6.07) is 3.44. The number of benzene rings is 1. The zero-order chi connectivity index (χ0) is 18.8. The molecule has 1 atom stereocenters. The molecule has 10 heteroatoms. The number of carbonyl (C=O) groups excluding carboxylic acids is 2. The molecule has 0 saturated carbocycles. The molecule has 2 aliphatic heterocycles. The van der Waals surface area contributed by atoms with Crippen LogP contribution in [0.25, 0.3) is 0 Å². The van der Waals surface area contributed by atoms with E-state index in [4.69, 9.17) is 9.84 Å². The summed E-state index contributed by atoms with van der Waals surface area (Å²) in [5.74, 6) is -1.58. The summed E-state index contributed by atoms with van der Waals surface area (Å²) in [6.07, 6.45) is 1.14. The van der Waals surface area contributed by atoms with Crippen LogP contribution in [0.2, 0.25) is 0 Å². The fourth-order valence-electron chi connectivity index (χ4n) is 3.28. The third-order valence-electron chi connectivity index (χ3n) is 4.50. The number of non-ortho nitro benzene ring substituents is 1. The number of aliphatic carboxylic acids is 1. The molecule has 1 fully saturated rings. The highest BCUT2D eigenvalue weighted by Gasteiger charge is 2.34. The first kappa shape index (κ1) is 17.6. The molecule has 138 valence electrons. The SMILES string of the molecule is O=C(O)CC1CCCN1C(=O)CN1C(=O)COc2ccc([N+](=O)[O-])cc21. The molecule has 0 radical (unpaired) electrons. The van der Waals surface area contributed by atoms with E-state index in [1.54, 1.807) is 0 Å². The van der Waals surface area contributed by atoms with E-state index in [9.17, 15) is 24.5 Å². The van der Waals surface area contributed by atoms with Crippen LogP contribution in [-0.4, -0.2) is 58.5 Å². The Bertz CT molecular complexity index is 779. The van der Waals surface area contributed by atoms with Gasteiger partial charge in [-0.15, -0.1) is 0 Å². The highest BCUT2D eigenvalue weighted by molar-refractivity contribution is 6.02. The van der Waals surface area contributed by atoms with Gasteiger partial charge in [0.05, 0.1) is 17.0 Å². The first-order chi connectivity index (χ1) is 12.4. The molecule has 0 aliphatic carbocycles. The number of carboxylic acids is 1. The van der Waals surface area contributed by atoms with Crippen LogP contribution in [0.3, 0.4) is 0 Å². The standard InChI is InChI=1S/C16H17N3O7/c20-14(17-5-1-2-10(17)7-16(22)23)8-18-12-6-11(19(24)25)3-4-13(12)26-9-15(18)21/h3-4,6,10H,1-2,5,7-9H2,(H,22,23). The van der Waals surface area contributed by atoms with Crippen LogP contribution in [0, 0.1) is 10.1 Å². The van der Waals surface area contributed by atoms with Gasteiger partial charge in [-0.2, -0.15) is 0 Å². The Balaban J connectivity index is 1.82. The number of likely N-dealkylation sites (tertiary alicyclic amines) is 1. The Morgan fingerprint density at radius 3 is 2.85 bits per heavy atom. The van der Waals surface area contributed by atoms with Gasteiger partial charge in [-0.25, -0.2) is 0 Å². The maximum Gasteiger partial charge on any atom is 0.305 e. The average molecular weight is 363 g/mol. The number of hydrogen-bond donors (Lipinski definition) is 1. The quantitative estimate of drug-likeness (QED) is 0.604. The summed E-state index contributed by atoms with van der Waals surface area (Å²) >= 11 is 0. The van der Waals surface area contributed by atoms with Crippen molar-refractivity contribution >= 4 is 29.2 Å². The van der Waals surface area contributed by atoms with Crippen molar-refractivity contribution in [3.63, 3.8) is 0 Å². The molecule has 1 saturated heterocycles. The summed E-state index contributed by atoms with van der Waals surface area (Å²) < 4.78 is 5.27. The predicted octanol–water partition coefficient (Wildman–Crippen LogP) is 0.786. The van der Waals surface area contributed by atoms with Gasteiger partial charge >= 0.3 is 5.97 Å². The normalized spacial score (nSPS) is 19.1. The first-order valence-corrected chi connectivity index (χ1v) is 8.09. The van der Waals surface area contributed by atoms with Crippen molar-refractivity contribution in [2.45, 2.75) is 25.3 Å². The highest BCUT2D eigenvalue weighted by Crippen LogP contribution is 2.35. The number of fused-ring (bicyclic) bond motifs is 1. The second kappa shape index (κ2) is 6.98. The highest BCUT2D eigenvalue weighted by atomic mass is 16.6. The molecular formula is C16H17N3O7. The molecule has 0 spiro atoms. The molecule has 10 nitrogen and oxygen atoms in total. The molecular weight excluding hydrogens is 346 g/mol.